The third kappa shape index (κ3) is 2.70. The Labute approximate surface area is 134 Å². The van der Waals surface area contributed by atoms with E-state index in [1.54, 1.807) is 11.3 Å². The van der Waals surface area contributed by atoms with Crippen LogP contribution in [0.15, 0.2) is 65.8 Å². The third-order valence-corrected chi connectivity index (χ3v) is 4.69. The molecule has 0 bridgehead atoms. The molecule has 3 aromatic rings. The molecule has 1 heterocycles. The van der Waals surface area contributed by atoms with Gasteiger partial charge in [-0.25, -0.2) is 0 Å². The van der Waals surface area contributed by atoms with Gasteiger partial charge in [-0.3, -0.25) is 0 Å². The lowest BCUT2D eigenvalue weighted by Crippen LogP contribution is -2.17. The van der Waals surface area contributed by atoms with Crippen molar-refractivity contribution >= 4 is 11.3 Å². The highest BCUT2D eigenvalue weighted by Gasteiger charge is 2.16. The number of aromatic nitrogens is 1. The van der Waals surface area contributed by atoms with Crippen LogP contribution in [0.25, 0.3) is 21.7 Å². The Bertz CT molecular complexity index is 801. The molecule has 2 aromatic carbocycles. The van der Waals surface area contributed by atoms with Crippen molar-refractivity contribution in [2.24, 2.45) is 10.9 Å². The lowest BCUT2D eigenvalue weighted by molar-refractivity contribution is 0.663. The zero-order valence-electron chi connectivity index (χ0n) is 12.6. The van der Waals surface area contributed by atoms with Crippen LogP contribution in [0.4, 0.5) is 0 Å². The average molecular weight is 309 g/mol. The van der Waals surface area contributed by atoms with Crippen molar-refractivity contribution in [1.29, 1.82) is 0 Å². The normalized spacial score (nSPS) is 11.8. The molecule has 0 atom stereocenters. The Morgan fingerprint density at radius 3 is 2.09 bits per heavy atom. The van der Waals surface area contributed by atoms with E-state index in [1.165, 1.54) is 21.7 Å². The van der Waals surface area contributed by atoms with Crippen LogP contribution in [0, 0.1) is 0 Å². The van der Waals surface area contributed by atoms with Gasteiger partial charge in [-0.1, -0.05) is 78.9 Å². The summed E-state index contributed by atoms with van der Waals surface area (Å²) in [5.74, 6) is 5.63. The highest BCUT2D eigenvalue weighted by atomic mass is 32.1. The number of nitrogens with two attached hydrogens (primary N) is 1. The van der Waals surface area contributed by atoms with Gasteiger partial charge in [0.15, 0.2) is 0 Å². The fraction of sp³-hybridized carbons (Fsp3) is 0.167. The van der Waals surface area contributed by atoms with E-state index in [4.69, 9.17) is 5.84 Å². The van der Waals surface area contributed by atoms with Crippen molar-refractivity contribution < 1.29 is 0 Å². The summed E-state index contributed by atoms with van der Waals surface area (Å²) in [6.45, 7) is 3.07. The number of benzene rings is 2. The maximum atomic E-state index is 5.63. The van der Waals surface area contributed by atoms with Crippen LogP contribution in [-0.4, -0.2) is 4.57 Å². The van der Waals surface area contributed by atoms with Gasteiger partial charge < -0.3 is 10.4 Å². The summed E-state index contributed by atoms with van der Waals surface area (Å²) in [6, 6.07) is 20.9. The molecular weight excluding hydrogens is 290 g/mol. The number of hydrogen-bond acceptors (Lipinski definition) is 3. The Balaban J connectivity index is 2.31. The molecule has 22 heavy (non-hydrogen) atoms. The fourth-order valence-corrected chi connectivity index (χ4v) is 3.71. The zero-order valence-corrected chi connectivity index (χ0v) is 13.4. The molecule has 1 aromatic heterocycles. The maximum Gasteiger partial charge on any atom is 0.208 e. The van der Waals surface area contributed by atoms with Crippen LogP contribution in [0.5, 0.6) is 0 Å². The molecule has 0 saturated carbocycles. The molecule has 0 unspecified atom stereocenters. The van der Waals surface area contributed by atoms with E-state index in [2.05, 4.69) is 65.1 Å². The van der Waals surface area contributed by atoms with Gasteiger partial charge in [-0.05, 0) is 17.5 Å². The molecule has 0 saturated heterocycles. The highest BCUT2D eigenvalue weighted by molar-refractivity contribution is 7.13. The SMILES string of the molecule is CCCn1c(-c2ccccc2)c(-c2ccccc2)sc1=NN. The molecular formula is C18H19N3S. The summed E-state index contributed by atoms with van der Waals surface area (Å²) >= 11 is 1.65. The molecule has 0 radical (unpaired) electrons. The monoisotopic (exact) mass is 309 g/mol. The summed E-state index contributed by atoms with van der Waals surface area (Å²) in [4.78, 5) is 2.07. The van der Waals surface area contributed by atoms with Crippen molar-refractivity contribution in [3.8, 4) is 21.7 Å². The molecule has 0 amide bonds. The largest absolute Gasteiger partial charge is 0.320 e. The summed E-state index contributed by atoms with van der Waals surface area (Å²) < 4.78 is 2.22. The van der Waals surface area contributed by atoms with E-state index in [-0.39, 0.29) is 0 Å². The minimum Gasteiger partial charge on any atom is -0.320 e. The fourth-order valence-electron chi connectivity index (χ4n) is 2.61. The van der Waals surface area contributed by atoms with Crippen LogP contribution in [0.3, 0.4) is 0 Å². The predicted octanol–water partition coefficient (Wildman–Crippen LogP) is 4.07. The van der Waals surface area contributed by atoms with Crippen LogP contribution in [-0.2, 0) is 6.54 Å². The van der Waals surface area contributed by atoms with Crippen LogP contribution >= 0.6 is 11.3 Å². The van der Waals surface area contributed by atoms with Crippen molar-refractivity contribution in [3.63, 3.8) is 0 Å². The van der Waals surface area contributed by atoms with E-state index < -0.39 is 0 Å². The zero-order chi connectivity index (χ0) is 15.4. The Kier molecular flexibility index (Phi) is 4.39. The molecule has 112 valence electrons. The molecule has 0 spiro atoms. The maximum absolute atomic E-state index is 5.63. The van der Waals surface area contributed by atoms with Crippen molar-refractivity contribution in [1.82, 2.24) is 4.57 Å². The second-order valence-electron chi connectivity index (χ2n) is 5.08. The quantitative estimate of drug-likeness (QED) is 0.573. The third-order valence-electron chi connectivity index (χ3n) is 3.55. The molecule has 3 rings (SSSR count). The van der Waals surface area contributed by atoms with Crippen LogP contribution < -0.4 is 10.6 Å². The van der Waals surface area contributed by atoms with Gasteiger partial charge >= 0.3 is 0 Å². The topological polar surface area (TPSA) is 43.3 Å². The molecule has 0 aliphatic carbocycles. The van der Waals surface area contributed by atoms with Crippen LogP contribution in [0.1, 0.15) is 13.3 Å². The first-order chi connectivity index (χ1) is 10.8. The van der Waals surface area contributed by atoms with Gasteiger partial charge in [-0.15, -0.1) is 0 Å². The molecule has 2 N–H and O–H groups in total. The smallest absolute Gasteiger partial charge is 0.208 e. The summed E-state index contributed by atoms with van der Waals surface area (Å²) in [5.41, 5.74) is 3.59. The molecule has 3 nitrogen and oxygen atoms in total. The van der Waals surface area contributed by atoms with Crippen molar-refractivity contribution in [2.45, 2.75) is 19.9 Å². The van der Waals surface area contributed by atoms with Crippen molar-refractivity contribution in [2.75, 3.05) is 0 Å². The van der Waals surface area contributed by atoms with Crippen molar-refractivity contribution in [3.05, 3.63) is 65.5 Å². The predicted molar refractivity (Wildman–Crippen MR) is 93.2 cm³/mol. The first kappa shape index (κ1) is 14.6. The lowest BCUT2D eigenvalue weighted by atomic mass is 10.1. The Hall–Kier alpha value is -2.33. The first-order valence-corrected chi connectivity index (χ1v) is 8.25. The van der Waals surface area contributed by atoms with Gasteiger partial charge in [0.25, 0.3) is 0 Å². The van der Waals surface area contributed by atoms with Crippen LogP contribution in [0.2, 0.25) is 0 Å². The van der Waals surface area contributed by atoms with Gasteiger partial charge in [-0.2, -0.15) is 5.10 Å². The Morgan fingerprint density at radius 2 is 1.55 bits per heavy atom. The first-order valence-electron chi connectivity index (χ1n) is 7.43. The molecule has 0 aliphatic rings. The molecule has 0 aliphatic heterocycles. The van der Waals surface area contributed by atoms with Gasteiger partial charge in [0.2, 0.25) is 4.80 Å². The minimum atomic E-state index is 0.861. The second kappa shape index (κ2) is 6.62. The number of rotatable bonds is 4. The Morgan fingerprint density at radius 1 is 0.955 bits per heavy atom. The van der Waals surface area contributed by atoms with E-state index in [9.17, 15) is 0 Å². The summed E-state index contributed by atoms with van der Waals surface area (Å²) in [7, 11) is 0. The van der Waals surface area contributed by atoms with Gasteiger partial charge in [0, 0.05) is 6.54 Å². The minimum absolute atomic E-state index is 0.861. The molecule has 4 heteroatoms. The van der Waals surface area contributed by atoms with E-state index in [0.29, 0.717) is 0 Å². The lowest BCUT2D eigenvalue weighted by Gasteiger charge is -2.10. The summed E-state index contributed by atoms with van der Waals surface area (Å²) in [6.07, 6.45) is 1.04. The van der Waals surface area contributed by atoms with Gasteiger partial charge in [0.1, 0.15) is 0 Å². The number of thiazole rings is 1. The standard InChI is InChI=1S/C18H19N3S/c1-2-13-21-16(14-9-5-3-6-10-14)17(22-18(21)20-19)15-11-7-4-8-12-15/h3-12H,2,13,19H2,1H3. The van der Waals surface area contributed by atoms with E-state index in [0.717, 1.165) is 17.8 Å². The summed E-state index contributed by atoms with van der Waals surface area (Å²) in [5, 5.41) is 4.00. The molecule has 0 fully saturated rings. The highest BCUT2D eigenvalue weighted by Crippen LogP contribution is 2.34. The number of nitrogens with zero attached hydrogens (tertiary/aromatic N) is 2. The second-order valence-corrected chi connectivity index (χ2v) is 6.05. The van der Waals surface area contributed by atoms with E-state index >= 15 is 0 Å². The van der Waals surface area contributed by atoms with E-state index in [1.807, 2.05) is 12.1 Å². The number of hydrogen-bond donors (Lipinski definition) is 1. The van der Waals surface area contributed by atoms with Gasteiger partial charge in [0.05, 0.1) is 10.6 Å². The average Bonchev–Trinajstić information content (AvgIpc) is 2.95.